The van der Waals surface area contributed by atoms with Crippen LogP contribution in [0.4, 0.5) is 0 Å². The molecule has 0 aliphatic rings. The number of nitriles is 1. The molecule has 4 aromatic heterocycles. The molecule has 4 heterocycles. The second-order valence-electron chi connectivity index (χ2n) is 12.5. The molecule has 0 bridgehead atoms. The van der Waals surface area contributed by atoms with Crippen molar-refractivity contribution >= 4 is 97.1 Å². The number of benzene rings is 7. The average Bonchev–Trinajstić information content (AvgIpc) is 3.87. The number of hydrogen-bond acceptors (Lipinski definition) is 3. The van der Waals surface area contributed by atoms with Crippen molar-refractivity contribution in [3.63, 3.8) is 0 Å². The summed E-state index contributed by atoms with van der Waals surface area (Å²) in [6.07, 6.45) is 0. The van der Waals surface area contributed by atoms with Gasteiger partial charge in [-0.25, -0.2) is 0 Å². The van der Waals surface area contributed by atoms with Gasteiger partial charge in [-0.1, -0.05) is 54.6 Å². The molecule has 0 unspecified atom stereocenters. The minimum absolute atomic E-state index is 0.660. The van der Waals surface area contributed by atoms with Crippen LogP contribution in [0.2, 0.25) is 0 Å². The van der Waals surface area contributed by atoms with E-state index in [1.165, 1.54) is 42.0 Å². The van der Waals surface area contributed by atoms with Crippen LogP contribution in [-0.2, 0) is 0 Å². The number of fused-ring (bicyclic) bond motifs is 12. The van der Waals surface area contributed by atoms with Crippen molar-refractivity contribution in [2.75, 3.05) is 0 Å². The number of aromatic nitrogens is 2. The lowest BCUT2D eigenvalue weighted by molar-refractivity contribution is 0.669. The van der Waals surface area contributed by atoms with Gasteiger partial charge in [-0.2, -0.15) is 5.26 Å². The maximum absolute atomic E-state index is 9.60. The molecule has 0 N–H and O–H groups in total. The highest BCUT2D eigenvalue weighted by Gasteiger charge is 2.18. The Balaban J connectivity index is 1.17. The van der Waals surface area contributed by atoms with E-state index < -0.39 is 0 Å². The Bertz CT molecular complexity index is 3200. The number of nitrogens with zero attached hydrogens (tertiary/aromatic N) is 3. The molecular weight excluding hydrogens is 607 g/mol. The molecule has 0 amide bonds. The van der Waals surface area contributed by atoms with Crippen LogP contribution in [0.15, 0.2) is 144 Å². The first-order valence-electron chi connectivity index (χ1n) is 16.0. The molecule has 0 saturated heterocycles. The standard InChI is InChI=1S/C43H23N3OS/c44-24-25-13-16-38-31(19-25)28-7-1-4-10-36(28)45(38)26-14-17-40-33(20-26)34-21-27(15-18-41(34)47-40)46-37-11-5-2-8-29(37)32-22-35-30-9-3-6-12-42(30)48-43(35)23-39(32)46/h1-23H. The second-order valence-corrected chi connectivity index (χ2v) is 13.6. The lowest BCUT2D eigenvalue weighted by Gasteiger charge is -2.09. The quantitative estimate of drug-likeness (QED) is 0.191. The van der Waals surface area contributed by atoms with Gasteiger partial charge in [0, 0.05) is 63.9 Å². The van der Waals surface area contributed by atoms with Crippen LogP contribution < -0.4 is 0 Å². The molecule has 0 atom stereocenters. The van der Waals surface area contributed by atoms with E-state index in [9.17, 15) is 5.26 Å². The van der Waals surface area contributed by atoms with Gasteiger partial charge < -0.3 is 13.6 Å². The van der Waals surface area contributed by atoms with E-state index in [-0.39, 0.29) is 0 Å². The van der Waals surface area contributed by atoms with Crippen molar-refractivity contribution in [1.29, 1.82) is 5.26 Å². The Hall–Kier alpha value is -6.35. The molecule has 0 aliphatic heterocycles. The van der Waals surface area contributed by atoms with Gasteiger partial charge in [-0.05, 0) is 84.9 Å². The Labute approximate surface area is 277 Å². The van der Waals surface area contributed by atoms with E-state index >= 15 is 0 Å². The molecule has 0 fully saturated rings. The van der Waals surface area contributed by atoms with Crippen molar-refractivity contribution in [2.24, 2.45) is 0 Å². The zero-order chi connectivity index (χ0) is 31.5. The van der Waals surface area contributed by atoms with Crippen LogP contribution in [0, 0.1) is 11.3 Å². The predicted octanol–water partition coefficient (Wildman–Crippen LogP) is 12.0. The normalized spacial score (nSPS) is 12.1. The zero-order valence-electron chi connectivity index (χ0n) is 25.4. The van der Waals surface area contributed by atoms with E-state index in [4.69, 9.17) is 4.42 Å². The molecule has 0 radical (unpaired) electrons. The summed E-state index contributed by atoms with van der Waals surface area (Å²) in [4.78, 5) is 0. The van der Waals surface area contributed by atoms with Gasteiger partial charge in [-0.3, -0.25) is 0 Å². The predicted molar refractivity (Wildman–Crippen MR) is 200 cm³/mol. The molecule has 222 valence electrons. The molecule has 11 rings (SSSR count). The highest BCUT2D eigenvalue weighted by atomic mass is 32.1. The smallest absolute Gasteiger partial charge is 0.135 e. The number of hydrogen-bond donors (Lipinski definition) is 0. The zero-order valence-corrected chi connectivity index (χ0v) is 26.3. The SMILES string of the molecule is N#Cc1ccc2c(c1)c1ccccc1n2-c1ccc2oc3ccc(-n4c5ccccc5c5cc6c(cc54)sc4ccccc46)cc3c2c1. The van der Waals surface area contributed by atoms with E-state index in [1.807, 2.05) is 23.5 Å². The maximum atomic E-state index is 9.60. The van der Waals surface area contributed by atoms with Crippen LogP contribution in [0.3, 0.4) is 0 Å². The van der Waals surface area contributed by atoms with Crippen LogP contribution >= 0.6 is 11.3 Å². The maximum Gasteiger partial charge on any atom is 0.135 e. The number of rotatable bonds is 2. The van der Waals surface area contributed by atoms with Gasteiger partial charge in [0.1, 0.15) is 11.2 Å². The molecule has 11 aromatic rings. The number of thiophene rings is 1. The van der Waals surface area contributed by atoms with Crippen LogP contribution in [0.5, 0.6) is 0 Å². The molecule has 5 heteroatoms. The third-order valence-electron chi connectivity index (χ3n) is 9.93. The van der Waals surface area contributed by atoms with Crippen molar-refractivity contribution in [2.45, 2.75) is 0 Å². The van der Waals surface area contributed by atoms with Crippen molar-refractivity contribution < 1.29 is 4.42 Å². The van der Waals surface area contributed by atoms with Gasteiger partial charge in [0.15, 0.2) is 0 Å². The third-order valence-corrected chi connectivity index (χ3v) is 11.1. The fourth-order valence-corrected chi connectivity index (χ4v) is 8.94. The Morgan fingerprint density at radius 1 is 0.438 bits per heavy atom. The summed E-state index contributed by atoms with van der Waals surface area (Å²) in [6, 6.07) is 51.8. The van der Waals surface area contributed by atoms with Gasteiger partial charge in [0.2, 0.25) is 0 Å². The molecule has 0 spiro atoms. The molecule has 4 nitrogen and oxygen atoms in total. The molecule has 0 saturated carbocycles. The summed E-state index contributed by atoms with van der Waals surface area (Å²) >= 11 is 1.85. The van der Waals surface area contributed by atoms with Gasteiger partial charge in [0.05, 0.1) is 33.7 Å². The van der Waals surface area contributed by atoms with Crippen LogP contribution in [0.25, 0.3) is 97.1 Å². The van der Waals surface area contributed by atoms with Gasteiger partial charge >= 0.3 is 0 Å². The highest BCUT2D eigenvalue weighted by Crippen LogP contribution is 2.42. The Kier molecular flexibility index (Phi) is 5.03. The van der Waals surface area contributed by atoms with Crippen molar-refractivity contribution in [1.82, 2.24) is 9.13 Å². The first kappa shape index (κ1) is 25.8. The molecule has 48 heavy (non-hydrogen) atoms. The van der Waals surface area contributed by atoms with Crippen LogP contribution in [-0.4, -0.2) is 9.13 Å². The third kappa shape index (κ3) is 3.42. The van der Waals surface area contributed by atoms with E-state index in [1.54, 1.807) is 0 Å². The van der Waals surface area contributed by atoms with Crippen molar-refractivity contribution in [3.05, 3.63) is 145 Å². The first-order valence-corrected chi connectivity index (χ1v) is 16.8. The van der Waals surface area contributed by atoms with E-state index in [0.29, 0.717) is 5.56 Å². The summed E-state index contributed by atoms with van der Waals surface area (Å²) in [5.74, 6) is 0. The van der Waals surface area contributed by atoms with Crippen LogP contribution in [0.1, 0.15) is 5.56 Å². The minimum Gasteiger partial charge on any atom is -0.456 e. The summed E-state index contributed by atoms with van der Waals surface area (Å²) in [7, 11) is 0. The monoisotopic (exact) mass is 629 g/mol. The Morgan fingerprint density at radius 3 is 1.71 bits per heavy atom. The summed E-state index contributed by atoms with van der Waals surface area (Å²) in [6.45, 7) is 0. The number of para-hydroxylation sites is 2. The Morgan fingerprint density at radius 2 is 1.02 bits per heavy atom. The summed E-state index contributed by atoms with van der Waals surface area (Å²) in [5.41, 5.74) is 9.08. The first-order chi connectivity index (χ1) is 23.7. The number of furan rings is 1. The van der Waals surface area contributed by atoms with Gasteiger partial charge in [-0.15, -0.1) is 11.3 Å². The molecular formula is C43H23N3OS. The summed E-state index contributed by atoms with van der Waals surface area (Å²) < 4.78 is 13.7. The topological polar surface area (TPSA) is 46.8 Å². The highest BCUT2D eigenvalue weighted by molar-refractivity contribution is 7.25. The van der Waals surface area contributed by atoms with E-state index in [0.717, 1.165) is 55.1 Å². The van der Waals surface area contributed by atoms with Gasteiger partial charge in [0.25, 0.3) is 0 Å². The second kappa shape index (κ2) is 9.36. The lowest BCUT2D eigenvalue weighted by atomic mass is 10.1. The minimum atomic E-state index is 0.660. The largest absolute Gasteiger partial charge is 0.456 e. The lowest BCUT2D eigenvalue weighted by Crippen LogP contribution is -1.94. The fraction of sp³-hybridized carbons (Fsp3) is 0. The molecule has 0 aliphatic carbocycles. The molecule has 7 aromatic carbocycles. The average molecular weight is 630 g/mol. The summed E-state index contributed by atoms with van der Waals surface area (Å²) in [5, 5.41) is 19.1. The van der Waals surface area contributed by atoms with E-state index in [2.05, 4.69) is 143 Å². The van der Waals surface area contributed by atoms with Crippen molar-refractivity contribution in [3.8, 4) is 17.4 Å². The fourth-order valence-electron chi connectivity index (χ4n) is 7.82.